The summed E-state index contributed by atoms with van der Waals surface area (Å²) in [5, 5.41) is 5.06. The summed E-state index contributed by atoms with van der Waals surface area (Å²) in [6.45, 7) is 1.52. The van der Waals surface area contributed by atoms with Crippen molar-refractivity contribution in [1.29, 1.82) is 0 Å². The summed E-state index contributed by atoms with van der Waals surface area (Å²) >= 11 is 0. The van der Waals surface area contributed by atoms with Crippen LogP contribution < -0.4 is 10.6 Å². The largest absolute Gasteiger partial charge is 0.490 e. The minimum atomic E-state index is -5.01. The molecule has 1 rings (SSSR count). The van der Waals surface area contributed by atoms with E-state index in [1.54, 1.807) is 0 Å². The third kappa shape index (κ3) is 12.3. The van der Waals surface area contributed by atoms with Gasteiger partial charge in [0.25, 0.3) is 11.8 Å². The van der Waals surface area contributed by atoms with E-state index < -0.39 is 30.7 Å². The lowest BCUT2D eigenvalue weighted by molar-refractivity contribution is -0.200. The Balaban J connectivity index is 1.81. The molecule has 0 unspecified atom stereocenters. The Labute approximate surface area is 182 Å². The fraction of sp³-hybridized carbons (Fsp3) is 0.667. The normalized spacial score (nSPS) is 13.7. The molecule has 0 aliphatic carbocycles. The molecule has 2 N–H and O–H groups in total. The molecule has 14 heteroatoms. The first kappa shape index (κ1) is 27.5. The van der Waals surface area contributed by atoms with Gasteiger partial charge in [-0.25, -0.2) is 4.79 Å². The van der Waals surface area contributed by atoms with Crippen LogP contribution in [0.25, 0.3) is 0 Å². The minimum Gasteiger partial charge on any atom is -0.443 e. The Kier molecular flexibility index (Phi) is 13.1. The Morgan fingerprint density at radius 1 is 0.875 bits per heavy atom. The smallest absolute Gasteiger partial charge is 0.443 e. The molecule has 0 aromatic heterocycles. The molecule has 1 aliphatic rings. The molecule has 32 heavy (non-hydrogen) atoms. The summed E-state index contributed by atoms with van der Waals surface area (Å²) in [6.07, 6.45) is -2.68. The second-order valence-electron chi connectivity index (χ2n) is 6.17. The van der Waals surface area contributed by atoms with Gasteiger partial charge < -0.3 is 24.3 Å². The van der Waals surface area contributed by atoms with Crippen molar-refractivity contribution in [3.8, 4) is 0 Å². The number of rotatable bonds is 17. The topological polar surface area (TPSA) is 133 Å². The Morgan fingerprint density at radius 3 is 1.97 bits per heavy atom. The summed E-state index contributed by atoms with van der Waals surface area (Å²) < 4.78 is 55.2. The number of hydrogen-bond acceptors (Lipinski definition) is 9. The SMILES string of the molecule is O=C(CCN1C(=O)C=CC1=O)NCCOCCOCCOCCNCOC(=O)C(F)(F)F. The number of halogens is 3. The van der Waals surface area contributed by atoms with E-state index in [0.29, 0.717) is 13.2 Å². The molecule has 3 amide bonds. The maximum absolute atomic E-state index is 11.9. The van der Waals surface area contributed by atoms with Gasteiger partial charge in [-0.3, -0.25) is 24.6 Å². The number of carbonyl (C=O) groups is 4. The van der Waals surface area contributed by atoms with Gasteiger partial charge in [-0.15, -0.1) is 0 Å². The van der Waals surface area contributed by atoms with Gasteiger partial charge in [-0.1, -0.05) is 0 Å². The van der Waals surface area contributed by atoms with Crippen molar-refractivity contribution in [2.45, 2.75) is 12.6 Å². The standard InChI is InChI=1S/C18H26F3N3O8/c19-18(20,21)17(28)32-13-22-4-7-29-9-11-31-12-10-30-8-5-23-14(25)3-6-24-15(26)1-2-16(24)27/h1-2,22H,3-13H2,(H,23,25). The first-order valence-corrected chi connectivity index (χ1v) is 9.70. The van der Waals surface area contributed by atoms with Gasteiger partial charge in [0.15, 0.2) is 0 Å². The van der Waals surface area contributed by atoms with Gasteiger partial charge in [-0.2, -0.15) is 13.2 Å². The zero-order chi connectivity index (χ0) is 23.8. The molecule has 1 aliphatic heterocycles. The van der Waals surface area contributed by atoms with Crippen molar-refractivity contribution >= 4 is 23.7 Å². The molecule has 1 heterocycles. The Morgan fingerprint density at radius 2 is 1.41 bits per heavy atom. The summed E-state index contributed by atoms with van der Waals surface area (Å²) in [7, 11) is 0. The van der Waals surface area contributed by atoms with E-state index in [0.717, 1.165) is 17.1 Å². The second kappa shape index (κ2) is 15.3. The maximum atomic E-state index is 11.9. The first-order chi connectivity index (χ1) is 15.2. The molecular formula is C18H26F3N3O8. The maximum Gasteiger partial charge on any atom is 0.490 e. The van der Waals surface area contributed by atoms with Crippen molar-refractivity contribution < 1.29 is 51.3 Å². The van der Waals surface area contributed by atoms with Gasteiger partial charge >= 0.3 is 12.1 Å². The van der Waals surface area contributed by atoms with E-state index in [4.69, 9.17) is 14.2 Å². The van der Waals surface area contributed by atoms with Crippen molar-refractivity contribution in [2.75, 3.05) is 66.0 Å². The van der Waals surface area contributed by atoms with Crippen molar-refractivity contribution in [1.82, 2.24) is 15.5 Å². The van der Waals surface area contributed by atoms with Crippen LogP contribution in [0.1, 0.15) is 6.42 Å². The number of imide groups is 1. The highest BCUT2D eigenvalue weighted by molar-refractivity contribution is 6.13. The fourth-order valence-corrected chi connectivity index (χ4v) is 2.17. The van der Waals surface area contributed by atoms with E-state index in [-0.39, 0.29) is 58.4 Å². The van der Waals surface area contributed by atoms with Crippen LogP contribution in [0.15, 0.2) is 12.2 Å². The number of nitrogens with one attached hydrogen (secondary N) is 2. The van der Waals surface area contributed by atoms with E-state index >= 15 is 0 Å². The van der Waals surface area contributed by atoms with Crippen LogP contribution in [0.4, 0.5) is 13.2 Å². The predicted molar refractivity (Wildman–Crippen MR) is 101 cm³/mol. The quantitative estimate of drug-likeness (QED) is 0.121. The van der Waals surface area contributed by atoms with Crippen LogP contribution in [0.3, 0.4) is 0 Å². The molecule has 182 valence electrons. The van der Waals surface area contributed by atoms with Crippen LogP contribution in [-0.4, -0.2) is 101 Å². The third-order valence-corrected chi connectivity index (χ3v) is 3.74. The zero-order valence-corrected chi connectivity index (χ0v) is 17.3. The van der Waals surface area contributed by atoms with Gasteiger partial charge in [0.2, 0.25) is 5.91 Å². The molecule has 0 aromatic rings. The molecule has 0 bridgehead atoms. The molecular weight excluding hydrogens is 443 g/mol. The lowest BCUT2D eigenvalue weighted by Gasteiger charge is -2.13. The fourth-order valence-electron chi connectivity index (χ4n) is 2.17. The van der Waals surface area contributed by atoms with Crippen LogP contribution in [0.2, 0.25) is 0 Å². The molecule has 0 aromatic carbocycles. The average molecular weight is 469 g/mol. The molecule has 11 nitrogen and oxygen atoms in total. The highest BCUT2D eigenvalue weighted by Gasteiger charge is 2.40. The van der Waals surface area contributed by atoms with Gasteiger partial charge in [-0.05, 0) is 0 Å². The number of hydrogen-bond donors (Lipinski definition) is 2. The van der Waals surface area contributed by atoms with E-state index in [2.05, 4.69) is 15.4 Å². The molecule has 0 saturated carbocycles. The van der Waals surface area contributed by atoms with Crippen LogP contribution in [0.5, 0.6) is 0 Å². The van der Waals surface area contributed by atoms with Crippen LogP contribution in [0, 0.1) is 0 Å². The zero-order valence-electron chi connectivity index (χ0n) is 17.3. The Hall–Kier alpha value is -2.55. The van der Waals surface area contributed by atoms with E-state index in [1.165, 1.54) is 0 Å². The lowest BCUT2D eigenvalue weighted by Crippen LogP contribution is -2.35. The van der Waals surface area contributed by atoms with Gasteiger partial charge in [0.05, 0.1) is 39.6 Å². The summed E-state index contributed by atoms with van der Waals surface area (Å²) in [5.74, 6) is -3.42. The van der Waals surface area contributed by atoms with E-state index in [9.17, 15) is 32.3 Å². The number of carbonyl (C=O) groups excluding carboxylic acids is 4. The van der Waals surface area contributed by atoms with Crippen LogP contribution in [-0.2, 0) is 38.1 Å². The number of esters is 1. The molecule has 0 atom stereocenters. The van der Waals surface area contributed by atoms with Gasteiger partial charge in [0, 0.05) is 38.2 Å². The molecule has 0 saturated heterocycles. The summed E-state index contributed by atoms with van der Waals surface area (Å²) in [5.41, 5.74) is 0. The number of ether oxygens (including phenoxy) is 4. The highest BCUT2D eigenvalue weighted by atomic mass is 19.4. The van der Waals surface area contributed by atoms with Crippen molar-refractivity contribution in [3.63, 3.8) is 0 Å². The second-order valence-corrected chi connectivity index (χ2v) is 6.17. The Bertz CT molecular complexity index is 640. The average Bonchev–Trinajstić information content (AvgIpc) is 3.05. The number of nitrogens with zero attached hydrogens (tertiary/aromatic N) is 1. The highest BCUT2D eigenvalue weighted by Crippen LogP contribution is 2.15. The lowest BCUT2D eigenvalue weighted by atomic mass is 10.3. The predicted octanol–water partition coefficient (Wildman–Crippen LogP) is -0.880. The third-order valence-electron chi connectivity index (χ3n) is 3.74. The van der Waals surface area contributed by atoms with Gasteiger partial charge in [0.1, 0.15) is 6.73 Å². The van der Waals surface area contributed by atoms with Crippen LogP contribution >= 0.6 is 0 Å². The summed E-state index contributed by atoms with van der Waals surface area (Å²) in [6, 6.07) is 0. The molecule has 0 radical (unpaired) electrons. The molecule has 0 spiro atoms. The summed E-state index contributed by atoms with van der Waals surface area (Å²) in [4.78, 5) is 45.7. The monoisotopic (exact) mass is 469 g/mol. The van der Waals surface area contributed by atoms with Crippen molar-refractivity contribution in [2.24, 2.45) is 0 Å². The number of amides is 3. The van der Waals surface area contributed by atoms with Crippen molar-refractivity contribution in [3.05, 3.63) is 12.2 Å². The van der Waals surface area contributed by atoms with E-state index in [1.807, 2.05) is 0 Å². The number of alkyl halides is 3. The molecule has 0 fully saturated rings. The minimum absolute atomic E-state index is 0.0104. The first-order valence-electron chi connectivity index (χ1n) is 9.70.